The second-order valence-electron chi connectivity index (χ2n) is 10.5. The first-order valence-corrected chi connectivity index (χ1v) is 17.3. The number of ether oxygens (including phenoxy) is 1. The zero-order chi connectivity index (χ0) is 32.5. The first-order valence-electron chi connectivity index (χ1n) is 14.7. The van der Waals surface area contributed by atoms with Crippen molar-refractivity contribution in [2.75, 3.05) is 23.5 Å². The number of benzene rings is 3. The molecule has 1 aromatic heterocycles. The minimum absolute atomic E-state index is 0.0696. The summed E-state index contributed by atoms with van der Waals surface area (Å²) in [6.45, 7) is 0. The summed E-state index contributed by atoms with van der Waals surface area (Å²) in [7, 11) is 1.35. The molecule has 0 spiro atoms. The maximum Gasteiger partial charge on any atom is 0.341 e. The molecule has 1 heterocycles. The van der Waals surface area contributed by atoms with E-state index in [-0.39, 0.29) is 17.4 Å². The van der Waals surface area contributed by atoms with Crippen LogP contribution >= 0.6 is 39.0 Å². The molecule has 0 radical (unpaired) electrons. The summed E-state index contributed by atoms with van der Waals surface area (Å²) in [5.74, 6) is -1.49. The van der Waals surface area contributed by atoms with Crippen molar-refractivity contribution in [3.63, 3.8) is 0 Å². The van der Waals surface area contributed by atoms with E-state index in [2.05, 4.69) is 31.9 Å². The SMILES string of the molecule is COC(=O)c1c(NC(=O)CSc2cccc(NC(=O)/C(=C\c3cccc(Br)c3)NC(=O)c3ccccc3)c2)sc2c1CCCCC2. The van der Waals surface area contributed by atoms with E-state index >= 15 is 0 Å². The number of nitrogens with one attached hydrogen (secondary N) is 3. The molecule has 1 aliphatic carbocycles. The van der Waals surface area contributed by atoms with Crippen LogP contribution in [0.3, 0.4) is 0 Å². The quantitative estimate of drug-likeness (QED) is 0.0671. The molecule has 0 saturated carbocycles. The van der Waals surface area contributed by atoms with E-state index in [1.807, 2.05) is 36.4 Å². The standard InChI is InChI=1S/C35H32BrN3O5S2/c1-44-35(43)31-27-16-6-3-7-17-29(27)46-34(31)39-30(40)21-45-26-15-9-14-25(20-26)37-33(42)28(19-22-10-8-13-24(36)18-22)38-32(41)23-11-4-2-5-12-23/h2,4-5,8-15,18-20H,3,6-7,16-17,21H2,1H3,(H,37,42)(H,38,41)(H,39,40)/b28-19+. The second-order valence-corrected chi connectivity index (χ2v) is 13.6. The maximum atomic E-state index is 13.5. The first kappa shape index (κ1) is 33.2. The molecule has 0 atom stereocenters. The number of methoxy groups -OCH3 is 1. The first-order chi connectivity index (χ1) is 22.3. The number of aryl methyl sites for hydroxylation is 1. The van der Waals surface area contributed by atoms with E-state index in [1.54, 1.807) is 48.5 Å². The molecule has 11 heteroatoms. The van der Waals surface area contributed by atoms with E-state index < -0.39 is 17.8 Å². The number of anilines is 2. The van der Waals surface area contributed by atoms with Crippen molar-refractivity contribution in [1.29, 1.82) is 0 Å². The topological polar surface area (TPSA) is 114 Å². The number of carbonyl (C=O) groups excluding carboxylic acids is 4. The molecule has 236 valence electrons. The Balaban J connectivity index is 1.26. The van der Waals surface area contributed by atoms with Gasteiger partial charge in [-0.05, 0) is 85.4 Å². The summed E-state index contributed by atoms with van der Waals surface area (Å²) >= 11 is 6.20. The molecule has 46 heavy (non-hydrogen) atoms. The molecule has 5 rings (SSSR count). The molecule has 0 aliphatic heterocycles. The number of hydrogen-bond acceptors (Lipinski definition) is 7. The molecular formula is C35H32BrN3O5S2. The smallest absolute Gasteiger partial charge is 0.341 e. The normalized spacial score (nSPS) is 12.8. The van der Waals surface area contributed by atoms with Gasteiger partial charge in [-0.2, -0.15) is 0 Å². The molecular weight excluding hydrogens is 686 g/mol. The second kappa shape index (κ2) is 15.9. The van der Waals surface area contributed by atoms with E-state index in [9.17, 15) is 19.2 Å². The van der Waals surface area contributed by atoms with Crippen molar-refractivity contribution in [1.82, 2.24) is 5.32 Å². The van der Waals surface area contributed by atoms with E-state index in [0.29, 0.717) is 21.8 Å². The summed E-state index contributed by atoms with van der Waals surface area (Å²) in [6, 6.07) is 23.2. The van der Waals surface area contributed by atoms with Gasteiger partial charge in [0.05, 0.1) is 18.4 Å². The fourth-order valence-corrected chi connectivity index (χ4v) is 7.49. The Bertz CT molecular complexity index is 1790. The molecule has 4 aromatic rings. The fraction of sp³-hybridized carbons (Fsp3) is 0.200. The largest absolute Gasteiger partial charge is 0.465 e. The number of thiophene rings is 1. The van der Waals surface area contributed by atoms with Gasteiger partial charge in [0.15, 0.2) is 0 Å². The minimum Gasteiger partial charge on any atom is -0.465 e. The van der Waals surface area contributed by atoms with Crippen molar-refractivity contribution in [3.05, 3.63) is 116 Å². The van der Waals surface area contributed by atoms with Crippen LogP contribution in [-0.4, -0.2) is 36.6 Å². The van der Waals surface area contributed by atoms with Gasteiger partial charge >= 0.3 is 5.97 Å². The third-order valence-electron chi connectivity index (χ3n) is 7.21. The average Bonchev–Trinajstić information content (AvgIpc) is 3.22. The van der Waals surface area contributed by atoms with Gasteiger partial charge in [0.1, 0.15) is 10.7 Å². The van der Waals surface area contributed by atoms with Crippen molar-refractivity contribution in [2.45, 2.75) is 37.0 Å². The Kier molecular flexibility index (Phi) is 11.5. The molecule has 0 bridgehead atoms. The predicted octanol–water partition coefficient (Wildman–Crippen LogP) is 7.71. The highest BCUT2D eigenvalue weighted by Crippen LogP contribution is 2.38. The van der Waals surface area contributed by atoms with E-state index in [0.717, 1.165) is 57.5 Å². The Morgan fingerprint density at radius 1 is 0.913 bits per heavy atom. The summed E-state index contributed by atoms with van der Waals surface area (Å²) in [6.07, 6.45) is 6.48. The lowest BCUT2D eigenvalue weighted by Gasteiger charge is -2.12. The molecule has 0 unspecified atom stereocenters. The molecule has 3 aromatic carbocycles. The molecule has 3 N–H and O–H groups in total. The van der Waals surface area contributed by atoms with Crippen LogP contribution in [-0.2, 0) is 27.2 Å². The van der Waals surface area contributed by atoms with Crippen molar-refractivity contribution in [2.24, 2.45) is 0 Å². The zero-order valence-corrected chi connectivity index (χ0v) is 28.3. The van der Waals surface area contributed by atoms with Crippen LogP contribution in [0, 0.1) is 0 Å². The molecule has 3 amide bonds. The minimum atomic E-state index is -0.503. The van der Waals surface area contributed by atoms with Crippen LogP contribution in [0.2, 0.25) is 0 Å². The van der Waals surface area contributed by atoms with Crippen LogP contribution < -0.4 is 16.0 Å². The van der Waals surface area contributed by atoms with Gasteiger partial charge in [0.25, 0.3) is 11.8 Å². The molecule has 1 aliphatic rings. The Labute approximate surface area is 284 Å². The Hall–Kier alpha value is -4.19. The molecule has 8 nitrogen and oxygen atoms in total. The number of rotatable bonds is 10. The lowest BCUT2D eigenvalue weighted by molar-refractivity contribution is -0.114. The maximum absolute atomic E-state index is 13.5. The van der Waals surface area contributed by atoms with Gasteiger partial charge in [-0.1, -0.05) is 58.7 Å². The highest BCUT2D eigenvalue weighted by molar-refractivity contribution is 9.10. The van der Waals surface area contributed by atoms with Crippen molar-refractivity contribution < 1.29 is 23.9 Å². The third-order valence-corrected chi connectivity index (χ3v) is 9.91. The fourth-order valence-electron chi connectivity index (χ4n) is 5.03. The Morgan fingerprint density at radius 2 is 1.70 bits per heavy atom. The number of halogens is 1. The number of amides is 3. The third kappa shape index (κ3) is 8.74. The van der Waals surface area contributed by atoms with Gasteiger partial charge in [-0.25, -0.2) is 4.79 Å². The number of fused-ring (bicyclic) bond motifs is 1. The van der Waals surface area contributed by atoms with E-state index in [1.165, 1.54) is 30.2 Å². The van der Waals surface area contributed by atoms with Crippen molar-refractivity contribution in [3.8, 4) is 0 Å². The summed E-state index contributed by atoms with van der Waals surface area (Å²) in [5, 5.41) is 9.07. The highest BCUT2D eigenvalue weighted by Gasteiger charge is 2.26. The summed E-state index contributed by atoms with van der Waals surface area (Å²) < 4.78 is 5.88. The van der Waals surface area contributed by atoms with Crippen LogP contribution in [0.25, 0.3) is 6.08 Å². The average molecular weight is 719 g/mol. The number of esters is 1. The van der Waals surface area contributed by atoms with Gasteiger partial charge in [0, 0.05) is 25.5 Å². The van der Waals surface area contributed by atoms with Gasteiger partial charge in [-0.3, -0.25) is 14.4 Å². The summed E-state index contributed by atoms with van der Waals surface area (Å²) in [5.41, 5.74) is 3.18. The summed E-state index contributed by atoms with van der Waals surface area (Å²) in [4.78, 5) is 53.9. The van der Waals surface area contributed by atoms with Gasteiger partial charge in [-0.15, -0.1) is 23.1 Å². The molecule has 0 fully saturated rings. The van der Waals surface area contributed by atoms with Crippen LogP contribution in [0.15, 0.2) is 93.9 Å². The number of thioether (sulfide) groups is 1. The van der Waals surface area contributed by atoms with Crippen LogP contribution in [0.1, 0.15) is 56.0 Å². The number of carbonyl (C=O) groups is 4. The zero-order valence-electron chi connectivity index (χ0n) is 25.1. The lowest BCUT2D eigenvalue weighted by atomic mass is 10.1. The monoisotopic (exact) mass is 717 g/mol. The van der Waals surface area contributed by atoms with Gasteiger partial charge < -0.3 is 20.7 Å². The lowest BCUT2D eigenvalue weighted by Crippen LogP contribution is -2.30. The van der Waals surface area contributed by atoms with Crippen molar-refractivity contribution >= 4 is 79.5 Å². The highest BCUT2D eigenvalue weighted by atomic mass is 79.9. The van der Waals surface area contributed by atoms with Gasteiger partial charge in [0.2, 0.25) is 5.91 Å². The van der Waals surface area contributed by atoms with E-state index in [4.69, 9.17) is 4.74 Å². The number of hydrogen-bond donors (Lipinski definition) is 3. The van der Waals surface area contributed by atoms with Crippen LogP contribution in [0.4, 0.5) is 10.7 Å². The Morgan fingerprint density at radius 3 is 2.48 bits per heavy atom. The predicted molar refractivity (Wildman–Crippen MR) is 187 cm³/mol. The molecule has 0 saturated heterocycles. The van der Waals surface area contributed by atoms with Crippen LogP contribution in [0.5, 0.6) is 0 Å².